The van der Waals surface area contributed by atoms with E-state index in [1.807, 2.05) is 17.5 Å². The third-order valence-corrected chi connectivity index (χ3v) is 5.40. The normalized spacial score (nSPS) is 10.5. The van der Waals surface area contributed by atoms with Gasteiger partial charge in [-0.2, -0.15) is 4.98 Å². The Morgan fingerprint density at radius 1 is 1.21 bits per heavy atom. The third kappa shape index (κ3) is 4.76. The lowest BCUT2D eigenvalue weighted by atomic mass is 10.2. The van der Waals surface area contributed by atoms with E-state index < -0.39 is 0 Å². The van der Waals surface area contributed by atoms with E-state index in [1.165, 1.54) is 33.1 Å². The zero-order valence-corrected chi connectivity index (χ0v) is 17.2. The molecule has 0 saturated carbocycles. The van der Waals surface area contributed by atoms with Crippen LogP contribution in [-0.4, -0.2) is 43.1 Å². The van der Waals surface area contributed by atoms with Crippen molar-refractivity contribution in [1.29, 1.82) is 0 Å². The van der Waals surface area contributed by atoms with Gasteiger partial charge in [0.2, 0.25) is 23.4 Å². The van der Waals surface area contributed by atoms with Gasteiger partial charge in [-0.1, -0.05) is 11.2 Å². The Hall–Kier alpha value is -2.72. The zero-order valence-electron chi connectivity index (χ0n) is 15.6. The Bertz CT molecular complexity index is 902. The minimum atomic E-state index is -0.169. The quantitative estimate of drug-likeness (QED) is 0.559. The molecule has 0 aliphatic rings. The summed E-state index contributed by atoms with van der Waals surface area (Å²) in [4.78, 5) is 17.5. The SMILES string of the molecule is COc1cc(NC(=O)CSCc2nc(-c3cccs3)no2)cc(OC)c1OC. The molecule has 0 unspecified atom stereocenters. The van der Waals surface area contributed by atoms with Gasteiger partial charge >= 0.3 is 0 Å². The highest BCUT2D eigenvalue weighted by molar-refractivity contribution is 7.99. The molecule has 28 heavy (non-hydrogen) atoms. The number of thiophene rings is 1. The molecule has 10 heteroatoms. The number of carbonyl (C=O) groups is 1. The smallest absolute Gasteiger partial charge is 0.236 e. The molecule has 2 heterocycles. The number of hydrogen-bond acceptors (Lipinski definition) is 9. The predicted molar refractivity (Wildman–Crippen MR) is 109 cm³/mol. The Labute approximate surface area is 170 Å². The van der Waals surface area contributed by atoms with Crippen molar-refractivity contribution in [3.63, 3.8) is 0 Å². The summed E-state index contributed by atoms with van der Waals surface area (Å²) in [6.07, 6.45) is 0. The summed E-state index contributed by atoms with van der Waals surface area (Å²) >= 11 is 2.92. The van der Waals surface area contributed by atoms with E-state index in [0.29, 0.717) is 40.4 Å². The summed E-state index contributed by atoms with van der Waals surface area (Å²) in [6, 6.07) is 7.21. The van der Waals surface area contributed by atoms with Crippen LogP contribution in [0.25, 0.3) is 10.7 Å². The average molecular weight is 422 g/mol. The Balaban J connectivity index is 1.55. The van der Waals surface area contributed by atoms with Gasteiger partial charge in [0.1, 0.15) is 0 Å². The lowest BCUT2D eigenvalue weighted by Gasteiger charge is -2.14. The maximum atomic E-state index is 12.2. The molecule has 0 aliphatic heterocycles. The van der Waals surface area contributed by atoms with Gasteiger partial charge in [-0.3, -0.25) is 4.79 Å². The van der Waals surface area contributed by atoms with Crippen LogP contribution in [-0.2, 0) is 10.5 Å². The number of aromatic nitrogens is 2. The fourth-order valence-corrected chi connectivity index (χ4v) is 3.70. The number of methoxy groups -OCH3 is 3. The molecular weight excluding hydrogens is 402 g/mol. The van der Waals surface area contributed by atoms with Crippen molar-refractivity contribution in [1.82, 2.24) is 10.1 Å². The Morgan fingerprint density at radius 3 is 2.57 bits per heavy atom. The number of carbonyl (C=O) groups excluding carboxylic acids is 1. The lowest BCUT2D eigenvalue weighted by Crippen LogP contribution is -2.14. The molecule has 0 atom stereocenters. The first-order valence-electron chi connectivity index (χ1n) is 8.18. The minimum absolute atomic E-state index is 0.169. The van der Waals surface area contributed by atoms with Gasteiger partial charge in [0.25, 0.3) is 0 Å². The van der Waals surface area contributed by atoms with Crippen molar-refractivity contribution >= 4 is 34.7 Å². The van der Waals surface area contributed by atoms with Gasteiger partial charge < -0.3 is 24.1 Å². The third-order valence-electron chi connectivity index (χ3n) is 3.62. The van der Waals surface area contributed by atoms with Crippen molar-refractivity contribution in [2.75, 3.05) is 32.4 Å². The van der Waals surface area contributed by atoms with E-state index in [1.54, 1.807) is 23.5 Å². The maximum absolute atomic E-state index is 12.2. The summed E-state index contributed by atoms with van der Waals surface area (Å²) in [6.45, 7) is 0. The van der Waals surface area contributed by atoms with Crippen LogP contribution < -0.4 is 19.5 Å². The number of thioether (sulfide) groups is 1. The van der Waals surface area contributed by atoms with Crippen LogP contribution in [0.5, 0.6) is 17.2 Å². The van der Waals surface area contributed by atoms with Crippen LogP contribution >= 0.6 is 23.1 Å². The molecule has 8 nitrogen and oxygen atoms in total. The summed E-state index contributed by atoms with van der Waals surface area (Å²) in [5.74, 6) is 2.96. The van der Waals surface area contributed by atoms with E-state index >= 15 is 0 Å². The molecule has 2 aromatic heterocycles. The highest BCUT2D eigenvalue weighted by atomic mass is 32.2. The molecule has 1 N–H and O–H groups in total. The van der Waals surface area contributed by atoms with Crippen LogP contribution in [0.15, 0.2) is 34.2 Å². The van der Waals surface area contributed by atoms with E-state index in [0.717, 1.165) is 4.88 Å². The summed E-state index contributed by atoms with van der Waals surface area (Å²) < 4.78 is 21.1. The number of ether oxygens (including phenoxy) is 3. The number of benzene rings is 1. The molecule has 0 spiro atoms. The Morgan fingerprint density at radius 2 is 1.96 bits per heavy atom. The predicted octanol–water partition coefficient (Wildman–Crippen LogP) is 3.70. The minimum Gasteiger partial charge on any atom is -0.493 e. The number of nitrogens with zero attached hydrogens (tertiary/aromatic N) is 2. The molecule has 0 aliphatic carbocycles. The largest absolute Gasteiger partial charge is 0.493 e. The standard InChI is InChI=1S/C18H19N3O5S2/c1-23-12-7-11(8-13(24-2)17(12)25-3)19-15(22)9-27-10-16-20-18(21-26-16)14-5-4-6-28-14/h4-8H,9-10H2,1-3H3,(H,19,22). The molecule has 1 amide bonds. The zero-order chi connectivity index (χ0) is 19.9. The molecule has 0 bridgehead atoms. The van der Waals surface area contributed by atoms with Crippen LogP contribution in [0, 0.1) is 0 Å². The summed E-state index contributed by atoms with van der Waals surface area (Å²) in [7, 11) is 4.57. The molecule has 3 aromatic rings. The maximum Gasteiger partial charge on any atom is 0.236 e. The molecule has 1 aromatic carbocycles. The average Bonchev–Trinajstić information content (AvgIpc) is 3.38. The first-order valence-corrected chi connectivity index (χ1v) is 10.2. The van der Waals surface area contributed by atoms with Gasteiger partial charge in [-0.15, -0.1) is 23.1 Å². The highest BCUT2D eigenvalue weighted by Gasteiger charge is 2.15. The second kappa shape index (κ2) is 9.47. The van der Waals surface area contributed by atoms with Gasteiger partial charge in [-0.05, 0) is 11.4 Å². The van der Waals surface area contributed by atoms with E-state index in [9.17, 15) is 4.79 Å². The van der Waals surface area contributed by atoms with Crippen molar-refractivity contribution in [3.8, 4) is 28.0 Å². The van der Waals surface area contributed by atoms with Crippen molar-refractivity contribution < 1.29 is 23.5 Å². The first-order chi connectivity index (χ1) is 13.6. The molecule has 148 valence electrons. The van der Waals surface area contributed by atoms with Crippen LogP contribution in [0.3, 0.4) is 0 Å². The van der Waals surface area contributed by atoms with Gasteiger partial charge in [0.15, 0.2) is 11.5 Å². The number of nitrogens with one attached hydrogen (secondary N) is 1. The van der Waals surface area contributed by atoms with Gasteiger partial charge in [0, 0.05) is 17.8 Å². The van der Waals surface area contributed by atoms with Gasteiger partial charge in [0.05, 0.1) is 37.7 Å². The number of anilines is 1. The fraction of sp³-hybridized carbons (Fsp3) is 0.278. The van der Waals surface area contributed by atoms with Crippen molar-refractivity contribution in [2.24, 2.45) is 0 Å². The highest BCUT2D eigenvalue weighted by Crippen LogP contribution is 2.39. The monoisotopic (exact) mass is 421 g/mol. The van der Waals surface area contributed by atoms with Crippen LogP contribution in [0.4, 0.5) is 5.69 Å². The summed E-state index contributed by atoms with van der Waals surface area (Å²) in [5.41, 5.74) is 0.554. The van der Waals surface area contributed by atoms with E-state index in [-0.39, 0.29) is 11.7 Å². The molecule has 0 saturated heterocycles. The van der Waals surface area contributed by atoms with Gasteiger partial charge in [-0.25, -0.2) is 0 Å². The number of amides is 1. The summed E-state index contributed by atoms with van der Waals surface area (Å²) in [5, 5.41) is 8.72. The van der Waals surface area contributed by atoms with E-state index in [2.05, 4.69) is 15.5 Å². The molecule has 3 rings (SSSR count). The topological polar surface area (TPSA) is 95.7 Å². The number of rotatable bonds is 9. The first kappa shape index (κ1) is 20.0. The van der Waals surface area contributed by atoms with Crippen LogP contribution in [0.1, 0.15) is 5.89 Å². The van der Waals surface area contributed by atoms with Crippen LogP contribution in [0.2, 0.25) is 0 Å². The molecule has 0 radical (unpaired) electrons. The molecule has 0 fully saturated rings. The fourth-order valence-electron chi connectivity index (χ4n) is 2.40. The van der Waals surface area contributed by atoms with Crippen molar-refractivity contribution in [3.05, 3.63) is 35.5 Å². The Kier molecular flexibility index (Phi) is 6.77. The van der Waals surface area contributed by atoms with Crippen molar-refractivity contribution in [2.45, 2.75) is 5.75 Å². The number of hydrogen-bond donors (Lipinski definition) is 1. The second-order valence-corrected chi connectivity index (χ2v) is 7.38. The molecular formula is C18H19N3O5S2. The second-order valence-electron chi connectivity index (χ2n) is 5.44. The lowest BCUT2D eigenvalue weighted by molar-refractivity contribution is -0.113. The van der Waals surface area contributed by atoms with E-state index in [4.69, 9.17) is 18.7 Å².